The zero-order valence-electron chi connectivity index (χ0n) is 31.2. The molecule has 3 atom stereocenters. The summed E-state index contributed by atoms with van der Waals surface area (Å²) in [5.41, 5.74) is 4.71. The van der Waals surface area contributed by atoms with Crippen LogP contribution in [0, 0.1) is 13.8 Å². The van der Waals surface area contributed by atoms with Gasteiger partial charge >= 0.3 is 12.1 Å². The zero-order valence-corrected chi connectivity index (χ0v) is 31.2. The molecular formula is C42H54N5O6+. The van der Waals surface area contributed by atoms with Gasteiger partial charge < -0.3 is 29.6 Å². The average Bonchev–Trinajstić information content (AvgIpc) is 3.34. The van der Waals surface area contributed by atoms with E-state index in [-0.39, 0.29) is 36.1 Å². The van der Waals surface area contributed by atoms with Gasteiger partial charge in [0.1, 0.15) is 25.2 Å². The number of morpholine rings is 1. The number of amides is 3. The summed E-state index contributed by atoms with van der Waals surface area (Å²) in [4.78, 5) is 47.6. The molecule has 282 valence electrons. The van der Waals surface area contributed by atoms with E-state index in [1.165, 1.54) is 0 Å². The Kier molecular flexibility index (Phi) is 11.2. The number of anilines is 1. The molecule has 3 saturated heterocycles. The first-order valence-electron chi connectivity index (χ1n) is 19.3. The van der Waals surface area contributed by atoms with Gasteiger partial charge in [0.05, 0.1) is 26.2 Å². The Morgan fingerprint density at radius 2 is 1.64 bits per heavy atom. The normalized spacial score (nSPS) is 26.0. The monoisotopic (exact) mass is 724 g/mol. The molecule has 0 aliphatic carbocycles. The van der Waals surface area contributed by atoms with Crippen LogP contribution in [0.3, 0.4) is 0 Å². The highest BCUT2D eigenvalue weighted by molar-refractivity contribution is 5.91. The Morgan fingerprint density at radius 1 is 0.943 bits per heavy atom. The number of piperidine rings is 2. The maximum absolute atomic E-state index is 14.1. The van der Waals surface area contributed by atoms with Gasteiger partial charge in [-0.15, -0.1) is 0 Å². The first kappa shape index (κ1) is 37.0. The number of nitrogens with one attached hydrogen (secondary N) is 1. The van der Waals surface area contributed by atoms with Crippen LogP contribution in [0.5, 0.6) is 5.75 Å². The summed E-state index contributed by atoms with van der Waals surface area (Å²) < 4.78 is 11.6. The SMILES string of the molecule is Cc1cc(C[N@+]2(C(=O)O)CCC(N3CCc4ccccc4NC3=O)CC2(CC=O)N2CCC(N3CCOCC3)CC2)cc(C)c1OCc1ccccc1. The molecule has 3 aromatic rings. The van der Waals surface area contributed by atoms with Crippen molar-refractivity contribution in [1.82, 2.24) is 14.7 Å². The molecule has 4 heterocycles. The van der Waals surface area contributed by atoms with Gasteiger partial charge in [0.15, 0.2) is 5.66 Å². The fourth-order valence-corrected chi connectivity index (χ4v) is 9.71. The number of benzene rings is 3. The minimum absolute atomic E-state index is 0.0595. The van der Waals surface area contributed by atoms with Crippen LogP contribution in [0.1, 0.15) is 59.9 Å². The fourth-order valence-electron chi connectivity index (χ4n) is 9.71. The smallest absolute Gasteiger partial charge is 0.488 e. The molecule has 2 N–H and O–H groups in total. The summed E-state index contributed by atoms with van der Waals surface area (Å²) in [5, 5.41) is 14.6. The van der Waals surface area contributed by atoms with Crippen molar-refractivity contribution >= 4 is 24.1 Å². The molecule has 7 rings (SSSR count). The van der Waals surface area contributed by atoms with Crippen LogP contribution in [0.15, 0.2) is 66.7 Å². The maximum atomic E-state index is 14.1. The van der Waals surface area contributed by atoms with Crippen molar-refractivity contribution < 1.29 is 33.4 Å². The second-order valence-electron chi connectivity index (χ2n) is 15.4. The predicted octanol–water partition coefficient (Wildman–Crippen LogP) is 6.21. The Labute approximate surface area is 313 Å². The molecule has 3 fully saturated rings. The van der Waals surface area contributed by atoms with Crippen LogP contribution < -0.4 is 10.1 Å². The Bertz CT molecular complexity index is 1750. The fraction of sp³-hybridized carbons (Fsp3) is 0.500. The van der Waals surface area contributed by atoms with Crippen LogP contribution in [-0.2, 0) is 29.1 Å². The van der Waals surface area contributed by atoms with Gasteiger partial charge in [-0.1, -0.05) is 48.5 Å². The highest BCUT2D eigenvalue weighted by Crippen LogP contribution is 2.46. The number of likely N-dealkylation sites (tertiary alicyclic amines) is 2. The Morgan fingerprint density at radius 3 is 2.34 bits per heavy atom. The third-order valence-corrected chi connectivity index (χ3v) is 12.4. The number of hydrogen-bond acceptors (Lipinski definition) is 7. The van der Waals surface area contributed by atoms with Gasteiger partial charge in [-0.2, -0.15) is 4.79 Å². The highest BCUT2D eigenvalue weighted by Gasteiger charge is 2.64. The highest BCUT2D eigenvalue weighted by atomic mass is 16.5. The Hall–Kier alpha value is -4.29. The lowest BCUT2D eigenvalue weighted by atomic mass is 9.81. The van der Waals surface area contributed by atoms with Gasteiger partial charge in [0.2, 0.25) is 0 Å². The van der Waals surface area contributed by atoms with Crippen molar-refractivity contribution in [3.05, 3.63) is 94.5 Å². The molecule has 0 spiro atoms. The van der Waals surface area contributed by atoms with Gasteiger partial charge in [0, 0.05) is 68.9 Å². The topological polar surface area (TPSA) is 112 Å². The van der Waals surface area contributed by atoms with E-state index >= 15 is 0 Å². The predicted molar refractivity (Wildman–Crippen MR) is 203 cm³/mol. The van der Waals surface area contributed by atoms with Crippen molar-refractivity contribution in [3.8, 4) is 5.75 Å². The summed E-state index contributed by atoms with van der Waals surface area (Å²) in [7, 11) is 0. The van der Waals surface area contributed by atoms with E-state index in [4.69, 9.17) is 9.47 Å². The van der Waals surface area contributed by atoms with Gasteiger partial charge in [-0.25, -0.2) is 9.28 Å². The summed E-state index contributed by atoms with van der Waals surface area (Å²) in [6.07, 6.45) is 3.41. The molecule has 0 radical (unpaired) electrons. The van der Waals surface area contributed by atoms with Gasteiger partial charge in [-0.3, -0.25) is 9.80 Å². The number of fused-ring (bicyclic) bond motifs is 1. The lowest BCUT2D eigenvalue weighted by molar-refractivity contribution is -0.942. The number of nitrogens with zero attached hydrogens (tertiary/aromatic N) is 4. The van der Waals surface area contributed by atoms with E-state index in [0.29, 0.717) is 51.5 Å². The lowest BCUT2D eigenvalue weighted by Crippen LogP contribution is -2.78. The summed E-state index contributed by atoms with van der Waals surface area (Å²) in [5.74, 6) is 0.802. The molecular weight excluding hydrogens is 670 g/mol. The molecule has 0 saturated carbocycles. The summed E-state index contributed by atoms with van der Waals surface area (Å²) >= 11 is 0. The van der Waals surface area contributed by atoms with E-state index in [0.717, 1.165) is 84.7 Å². The van der Waals surface area contributed by atoms with E-state index in [1.807, 2.05) is 73.3 Å². The second kappa shape index (κ2) is 16.0. The van der Waals surface area contributed by atoms with Gasteiger partial charge in [0.25, 0.3) is 0 Å². The zero-order chi connectivity index (χ0) is 37.0. The van der Waals surface area contributed by atoms with Crippen LogP contribution >= 0.6 is 0 Å². The standard InChI is InChI=1S/C42H53N5O6/c1-31-26-34(27-32(2)39(31)53-30-33-8-4-3-5-9-33)29-47(41(50)51)22-15-37(46-19-12-35-10-6-7-11-38(35)43-40(46)49)28-42(47,16-23-48)45-17-13-36(14-18-45)44-20-24-52-25-21-44/h3-11,23,26-27,36-37H,12-22,24-25,28-30H2,1-2H3,(H-,43,49,50,51)/p+1/t37?,42?,47-/m0/s1. The van der Waals surface area contributed by atoms with Crippen LogP contribution in [0.4, 0.5) is 15.3 Å². The van der Waals surface area contributed by atoms with Crippen molar-refractivity contribution in [2.24, 2.45) is 0 Å². The third kappa shape index (κ3) is 7.45. The minimum Gasteiger partial charge on any atom is -0.488 e. The maximum Gasteiger partial charge on any atom is 0.515 e. The molecule has 53 heavy (non-hydrogen) atoms. The van der Waals surface area contributed by atoms with E-state index in [2.05, 4.69) is 27.2 Å². The number of aldehydes is 1. The number of carbonyl (C=O) groups is 3. The average molecular weight is 725 g/mol. The second-order valence-corrected chi connectivity index (χ2v) is 15.4. The third-order valence-electron chi connectivity index (χ3n) is 12.4. The van der Waals surface area contributed by atoms with E-state index in [9.17, 15) is 19.5 Å². The molecule has 4 aliphatic rings. The number of aryl methyl sites for hydroxylation is 2. The van der Waals surface area contributed by atoms with Crippen LogP contribution in [0.2, 0.25) is 0 Å². The molecule has 11 nitrogen and oxygen atoms in total. The number of hydrogen-bond donors (Lipinski definition) is 2. The first-order valence-corrected chi connectivity index (χ1v) is 19.3. The molecule has 3 amide bonds. The number of carboxylic acid groups (broad SMARTS) is 1. The lowest BCUT2D eigenvalue weighted by Gasteiger charge is -2.59. The molecule has 11 heteroatoms. The van der Waals surface area contributed by atoms with Crippen molar-refractivity contribution in [2.45, 2.75) is 83.3 Å². The van der Waals surface area contributed by atoms with Crippen LogP contribution in [0.25, 0.3) is 0 Å². The first-order chi connectivity index (χ1) is 25.7. The number of quaternary nitrogens is 1. The van der Waals surface area contributed by atoms with E-state index in [1.54, 1.807) is 0 Å². The molecule has 2 unspecified atom stereocenters. The Balaban J connectivity index is 1.22. The number of rotatable bonds is 10. The largest absolute Gasteiger partial charge is 0.515 e. The number of carbonyl (C=O) groups excluding carboxylic acids is 2. The van der Waals surface area contributed by atoms with E-state index < -0.39 is 11.8 Å². The molecule has 0 bridgehead atoms. The van der Waals surface area contributed by atoms with Gasteiger partial charge in [-0.05, 0) is 73.6 Å². The van der Waals surface area contributed by atoms with Crippen molar-refractivity contribution in [1.29, 1.82) is 0 Å². The van der Waals surface area contributed by atoms with Crippen molar-refractivity contribution in [3.63, 3.8) is 0 Å². The summed E-state index contributed by atoms with van der Waals surface area (Å²) in [6.45, 7) is 10.1. The molecule has 0 aromatic heterocycles. The van der Waals surface area contributed by atoms with Crippen molar-refractivity contribution in [2.75, 3.05) is 57.8 Å². The summed E-state index contributed by atoms with van der Waals surface area (Å²) in [6, 6.07) is 22.0. The molecule has 3 aromatic carbocycles. The minimum atomic E-state index is -1.06. The number of urea groups is 1. The quantitative estimate of drug-likeness (QED) is 0.188. The molecule has 4 aliphatic heterocycles. The van der Waals surface area contributed by atoms with Crippen LogP contribution in [-0.4, -0.2) is 113 Å². The number of para-hydroxylation sites is 1. The number of ether oxygens (including phenoxy) is 2.